The minimum Gasteiger partial charge on any atom is -0.497 e. The predicted molar refractivity (Wildman–Crippen MR) is 67.2 cm³/mol. The van der Waals surface area contributed by atoms with Crippen LogP contribution in [0.2, 0.25) is 0 Å². The number of ether oxygens (including phenoxy) is 1. The van der Waals surface area contributed by atoms with Gasteiger partial charge in [-0.25, -0.2) is 8.78 Å². The number of hydrogen-bond donors (Lipinski definition) is 2. The van der Waals surface area contributed by atoms with Gasteiger partial charge in [0.1, 0.15) is 17.4 Å². The van der Waals surface area contributed by atoms with E-state index < -0.39 is 28.6 Å². The van der Waals surface area contributed by atoms with E-state index in [2.05, 4.69) is 15.1 Å². The lowest BCUT2D eigenvalue weighted by molar-refractivity contribution is 0.407. The number of hydrogen-bond acceptors (Lipinski definition) is 5. The van der Waals surface area contributed by atoms with E-state index >= 15 is 0 Å². The number of H-pyrrole nitrogens is 1. The van der Waals surface area contributed by atoms with Crippen molar-refractivity contribution >= 4 is 5.78 Å². The number of rotatable bonds is 2. The summed E-state index contributed by atoms with van der Waals surface area (Å²) in [6, 6.07) is 2.83. The highest BCUT2D eigenvalue weighted by Gasteiger charge is 2.19. The molecule has 21 heavy (non-hydrogen) atoms. The van der Waals surface area contributed by atoms with Crippen molar-refractivity contribution < 1.29 is 18.6 Å². The zero-order chi connectivity index (χ0) is 15.1. The van der Waals surface area contributed by atoms with Crippen molar-refractivity contribution in [2.75, 3.05) is 7.11 Å². The standard InChI is InChI=1S/C12H8F2N4O3/c1-21-5-2-6(13)10(7(14)3-5)11-16-12-15-8(19)4-9(20)18(12)17-11/h2-4,20H,1H3,(H,15,16,17,19). The number of aromatic nitrogens is 4. The van der Waals surface area contributed by atoms with Crippen LogP contribution in [-0.4, -0.2) is 31.8 Å². The zero-order valence-corrected chi connectivity index (χ0v) is 10.6. The SMILES string of the molecule is COc1cc(F)c(-c2nc3[nH]c(=O)cc(O)n3n2)c(F)c1. The molecule has 108 valence electrons. The van der Waals surface area contributed by atoms with Crippen molar-refractivity contribution in [1.29, 1.82) is 0 Å². The fraction of sp³-hybridized carbons (Fsp3) is 0.0833. The highest BCUT2D eigenvalue weighted by atomic mass is 19.1. The number of aromatic hydroxyl groups is 1. The number of aromatic amines is 1. The predicted octanol–water partition coefficient (Wildman–Crippen LogP) is 1.08. The molecule has 3 rings (SSSR count). The second kappa shape index (κ2) is 4.54. The van der Waals surface area contributed by atoms with E-state index in [0.717, 1.165) is 22.7 Å². The van der Waals surface area contributed by atoms with Gasteiger partial charge in [0.15, 0.2) is 5.82 Å². The molecule has 0 aliphatic heterocycles. The molecule has 0 fully saturated rings. The van der Waals surface area contributed by atoms with Gasteiger partial charge in [-0.05, 0) is 0 Å². The highest BCUT2D eigenvalue weighted by Crippen LogP contribution is 2.28. The second-order valence-electron chi connectivity index (χ2n) is 4.13. The maximum Gasteiger partial charge on any atom is 0.256 e. The molecule has 0 aliphatic rings. The van der Waals surface area contributed by atoms with Crippen molar-refractivity contribution in [2.24, 2.45) is 0 Å². The van der Waals surface area contributed by atoms with Crippen molar-refractivity contribution in [2.45, 2.75) is 0 Å². The largest absolute Gasteiger partial charge is 0.497 e. The molecule has 0 radical (unpaired) electrons. The fourth-order valence-electron chi connectivity index (χ4n) is 1.86. The first-order chi connectivity index (χ1) is 9.99. The summed E-state index contributed by atoms with van der Waals surface area (Å²) < 4.78 is 33.5. The van der Waals surface area contributed by atoms with Gasteiger partial charge < -0.3 is 9.84 Å². The molecular weight excluding hydrogens is 286 g/mol. The van der Waals surface area contributed by atoms with Crippen LogP contribution in [-0.2, 0) is 0 Å². The summed E-state index contributed by atoms with van der Waals surface area (Å²) in [6.07, 6.45) is 0. The smallest absolute Gasteiger partial charge is 0.256 e. The fourth-order valence-corrected chi connectivity index (χ4v) is 1.86. The molecule has 0 aliphatic carbocycles. The number of benzene rings is 1. The number of nitrogens with one attached hydrogen (secondary N) is 1. The van der Waals surface area contributed by atoms with Crippen LogP contribution in [0.5, 0.6) is 11.6 Å². The summed E-state index contributed by atoms with van der Waals surface area (Å²) in [5, 5.41) is 13.3. The van der Waals surface area contributed by atoms with E-state index in [1.165, 1.54) is 7.11 Å². The van der Waals surface area contributed by atoms with Gasteiger partial charge in [0.2, 0.25) is 11.7 Å². The van der Waals surface area contributed by atoms with Gasteiger partial charge in [-0.1, -0.05) is 0 Å². The molecule has 0 unspecified atom stereocenters. The van der Waals surface area contributed by atoms with E-state index in [0.29, 0.717) is 0 Å². The topological polar surface area (TPSA) is 92.5 Å². The molecule has 0 bridgehead atoms. The summed E-state index contributed by atoms with van der Waals surface area (Å²) in [6.45, 7) is 0. The van der Waals surface area contributed by atoms with Gasteiger partial charge in [0.25, 0.3) is 5.56 Å². The van der Waals surface area contributed by atoms with Gasteiger partial charge in [-0.2, -0.15) is 9.50 Å². The molecule has 3 aromatic rings. The monoisotopic (exact) mass is 294 g/mol. The molecule has 0 saturated heterocycles. The van der Waals surface area contributed by atoms with Gasteiger partial charge in [0.05, 0.1) is 18.7 Å². The molecule has 2 heterocycles. The minimum atomic E-state index is -0.926. The Bertz CT molecular complexity index is 880. The van der Waals surface area contributed by atoms with Crippen LogP contribution >= 0.6 is 0 Å². The molecule has 0 spiro atoms. The van der Waals surface area contributed by atoms with Gasteiger partial charge in [-0.3, -0.25) is 9.78 Å². The molecule has 0 amide bonds. The van der Waals surface area contributed by atoms with Gasteiger partial charge >= 0.3 is 0 Å². The number of nitrogens with zero attached hydrogens (tertiary/aromatic N) is 3. The molecule has 2 aromatic heterocycles. The first-order valence-electron chi connectivity index (χ1n) is 5.72. The third kappa shape index (κ3) is 2.08. The third-order valence-corrected chi connectivity index (χ3v) is 2.79. The van der Waals surface area contributed by atoms with Crippen molar-refractivity contribution in [1.82, 2.24) is 19.6 Å². The molecule has 0 atom stereocenters. The van der Waals surface area contributed by atoms with Crippen molar-refractivity contribution in [3.63, 3.8) is 0 Å². The Morgan fingerprint density at radius 1 is 1.29 bits per heavy atom. The lowest BCUT2D eigenvalue weighted by Gasteiger charge is -2.04. The molecule has 9 heteroatoms. The first kappa shape index (κ1) is 13.0. The van der Waals surface area contributed by atoms with Gasteiger partial charge in [-0.15, -0.1) is 5.10 Å². The Kier molecular flexibility index (Phi) is 2.82. The maximum absolute atomic E-state index is 13.9. The molecule has 7 nitrogen and oxygen atoms in total. The Balaban J connectivity index is 2.26. The number of methoxy groups -OCH3 is 1. The average molecular weight is 294 g/mol. The minimum absolute atomic E-state index is 0.00812. The van der Waals surface area contributed by atoms with Crippen LogP contribution in [0.4, 0.5) is 8.78 Å². The second-order valence-corrected chi connectivity index (χ2v) is 4.13. The molecule has 2 N–H and O–H groups in total. The van der Waals surface area contributed by atoms with E-state index in [4.69, 9.17) is 4.74 Å². The van der Waals surface area contributed by atoms with Crippen LogP contribution in [0.25, 0.3) is 17.2 Å². The van der Waals surface area contributed by atoms with Crippen LogP contribution in [0.1, 0.15) is 0 Å². The Morgan fingerprint density at radius 2 is 1.95 bits per heavy atom. The maximum atomic E-state index is 13.9. The van der Waals surface area contributed by atoms with Crippen molar-refractivity contribution in [3.8, 4) is 23.0 Å². The van der Waals surface area contributed by atoms with Crippen LogP contribution in [0.3, 0.4) is 0 Å². The van der Waals surface area contributed by atoms with Crippen LogP contribution < -0.4 is 10.3 Å². The number of fused-ring (bicyclic) bond motifs is 1. The van der Waals surface area contributed by atoms with Crippen molar-refractivity contribution in [3.05, 3.63) is 40.2 Å². The molecule has 0 saturated carbocycles. The Labute approximate surface area is 115 Å². The highest BCUT2D eigenvalue weighted by molar-refractivity contribution is 5.60. The normalized spacial score (nSPS) is 11.0. The summed E-state index contributed by atoms with van der Waals surface area (Å²) in [7, 11) is 1.28. The van der Waals surface area contributed by atoms with Crippen LogP contribution in [0.15, 0.2) is 23.0 Å². The van der Waals surface area contributed by atoms with Crippen LogP contribution in [0, 0.1) is 11.6 Å². The zero-order valence-electron chi connectivity index (χ0n) is 10.6. The average Bonchev–Trinajstić information content (AvgIpc) is 2.81. The third-order valence-electron chi connectivity index (χ3n) is 2.79. The lowest BCUT2D eigenvalue weighted by Crippen LogP contribution is -2.07. The van der Waals surface area contributed by atoms with Gasteiger partial charge in [0, 0.05) is 12.1 Å². The summed E-state index contributed by atoms with van der Waals surface area (Å²) in [4.78, 5) is 17.3. The first-order valence-corrected chi connectivity index (χ1v) is 5.72. The summed E-state index contributed by atoms with van der Waals surface area (Å²) in [5.74, 6) is -2.79. The quantitative estimate of drug-likeness (QED) is 0.737. The lowest BCUT2D eigenvalue weighted by atomic mass is 10.2. The van der Waals surface area contributed by atoms with E-state index in [9.17, 15) is 18.7 Å². The summed E-state index contributed by atoms with van der Waals surface area (Å²) >= 11 is 0. The summed E-state index contributed by atoms with van der Waals surface area (Å²) in [5.41, 5.74) is -1.10. The number of halogens is 2. The van der Waals surface area contributed by atoms with E-state index in [1.54, 1.807) is 0 Å². The Hall–Kier alpha value is -2.97. The van der Waals surface area contributed by atoms with E-state index in [-0.39, 0.29) is 17.4 Å². The van der Waals surface area contributed by atoms with E-state index in [1.807, 2.05) is 0 Å². The molecular formula is C12H8F2N4O3. The Morgan fingerprint density at radius 3 is 2.57 bits per heavy atom. The molecule has 1 aromatic carbocycles.